The molecule has 0 N–H and O–H groups in total. The third-order valence-electron chi connectivity index (χ3n) is 4.42. The number of rotatable bonds is 4. The monoisotopic (exact) mass is 358 g/mol. The largest absolute Gasteiger partial charge is 0.297 e. The number of halogens is 1. The Kier molecular flexibility index (Phi) is 5.29. The quantitative estimate of drug-likeness (QED) is 0.812. The van der Waals surface area contributed by atoms with Crippen LogP contribution in [0.2, 0.25) is 0 Å². The third-order valence-corrected chi connectivity index (χ3v) is 4.91. The van der Waals surface area contributed by atoms with Crippen LogP contribution in [0.3, 0.4) is 0 Å². The van der Waals surface area contributed by atoms with E-state index in [4.69, 9.17) is 0 Å². The van der Waals surface area contributed by atoms with Crippen molar-refractivity contribution in [3.05, 3.63) is 69.7 Å². The molecule has 2 aromatic rings. The zero-order chi connectivity index (χ0) is 15.4. The highest BCUT2D eigenvalue weighted by atomic mass is 79.9. The van der Waals surface area contributed by atoms with E-state index in [0.29, 0.717) is 0 Å². The first-order chi connectivity index (χ1) is 10.7. The molecule has 1 aliphatic heterocycles. The van der Waals surface area contributed by atoms with E-state index in [-0.39, 0.29) is 0 Å². The number of benzene rings is 2. The summed E-state index contributed by atoms with van der Waals surface area (Å²) in [6.45, 7) is 8.95. The van der Waals surface area contributed by atoms with Gasteiger partial charge >= 0.3 is 0 Å². The van der Waals surface area contributed by atoms with Crippen LogP contribution >= 0.6 is 15.9 Å². The van der Waals surface area contributed by atoms with Crippen molar-refractivity contribution < 1.29 is 0 Å². The first kappa shape index (κ1) is 15.7. The lowest BCUT2D eigenvalue weighted by Gasteiger charge is -2.35. The van der Waals surface area contributed by atoms with Crippen LogP contribution in [-0.4, -0.2) is 36.0 Å². The van der Waals surface area contributed by atoms with Gasteiger partial charge in [-0.1, -0.05) is 52.3 Å². The molecule has 3 heteroatoms. The zero-order valence-electron chi connectivity index (χ0n) is 13.1. The second-order valence-electron chi connectivity index (χ2n) is 6.11. The van der Waals surface area contributed by atoms with Crippen LogP contribution in [0.1, 0.15) is 16.7 Å². The topological polar surface area (TPSA) is 6.48 Å². The summed E-state index contributed by atoms with van der Waals surface area (Å²) < 4.78 is 1.17. The minimum Gasteiger partial charge on any atom is -0.297 e. The number of hydrogen-bond donors (Lipinski definition) is 0. The maximum absolute atomic E-state index is 3.55. The second kappa shape index (κ2) is 7.40. The number of hydrogen-bond acceptors (Lipinski definition) is 2. The van der Waals surface area contributed by atoms with E-state index in [1.807, 2.05) is 0 Å². The predicted octanol–water partition coefficient (Wildman–Crippen LogP) is 4.08. The van der Waals surface area contributed by atoms with E-state index < -0.39 is 0 Å². The Hall–Kier alpha value is -1.16. The van der Waals surface area contributed by atoms with Crippen molar-refractivity contribution in [3.63, 3.8) is 0 Å². The Labute approximate surface area is 141 Å². The van der Waals surface area contributed by atoms with E-state index in [9.17, 15) is 0 Å². The Morgan fingerprint density at radius 2 is 1.55 bits per heavy atom. The molecule has 116 valence electrons. The van der Waals surface area contributed by atoms with Gasteiger partial charge in [-0.3, -0.25) is 9.80 Å². The Morgan fingerprint density at radius 1 is 0.864 bits per heavy atom. The van der Waals surface area contributed by atoms with Crippen molar-refractivity contribution in [1.29, 1.82) is 0 Å². The van der Waals surface area contributed by atoms with E-state index in [0.717, 1.165) is 39.3 Å². The van der Waals surface area contributed by atoms with Crippen molar-refractivity contribution in [2.45, 2.75) is 20.0 Å². The van der Waals surface area contributed by atoms with Crippen molar-refractivity contribution in [2.24, 2.45) is 0 Å². The molecule has 0 aromatic heterocycles. The van der Waals surface area contributed by atoms with Gasteiger partial charge in [-0.05, 0) is 35.7 Å². The lowest BCUT2D eigenvalue weighted by Crippen LogP contribution is -2.45. The molecule has 1 heterocycles. The molecule has 2 nitrogen and oxygen atoms in total. The summed E-state index contributed by atoms with van der Waals surface area (Å²) >= 11 is 3.55. The minimum absolute atomic E-state index is 1.05. The third kappa shape index (κ3) is 4.19. The molecule has 0 unspecified atom stereocenters. The Balaban J connectivity index is 1.51. The fourth-order valence-corrected chi connectivity index (χ4v) is 3.47. The smallest absolute Gasteiger partial charge is 0.0237 e. The fraction of sp³-hybridized carbons (Fsp3) is 0.368. The highest BCUT2D eigenvalue weighted by molar-refractivity contribution is 9.10. The van der Waals surface area contributed by atoms with Crippen LogP contribution in [0.4, 0.5) is 0 Å². The predicted molar refractivity (Wildman–Crippen MR) is 95.9 cm³/mol. The average Bonchev–Trinajstić information content (AvgIpc) is 2.52. The molecule has 3 rings (SSSR count). The Bertz CT molecular complexity index is 618. The van der Waals surface area contributed by atoms with Crippen LogP contribution in [0, 0.1) is 6.92 Å². The van der Waals surface area contributed by atoms with E-state index >= 15 is 0 Å². The molecule has 1 saturated heterocycles. The van der Waals surface area contributed by atoms with Gasteiger partial charge in [0.2, 0.25) is 0 Å². The Morgan fingerprint density at radius 3 is 2.23 bits per heavy atom. The molecule has 0 bridgehead atoms. The van der Waals surface area contributed by atoms with Crippen molar-refractivity contribution in [1.82, 2.24) is 9.80 Å². The molecule has 0 spiro atoms. The first-order valence-electron chi connectivity index (χ1n) is 7.94. The molecule has 1 fully saturated rings. The summed E-state index contributed by atoms with van der Waals surface area (Å²) in [5, 5.41) is 0. The van der Waals surface area contributed by atoms with Gasteiger partial charge in [0.15, 0.2) is 0 Å². The molecule has 0 saturated carbocycles. The van der Waals surface area contributed by atoms with Gasteiger partial charge in [0.05, 0.1) is 0 Å². The molecule has 0 amide bonds. The number of piperazine rings is 1. The minimum atomic E-state index is 1.05. The van der Waals surface area contributed by atoms with E-state index in [1.165, 1.54) is 21.2 Å². The van der Waals surface area contributed by atoms with Crippen LogP contribution in [0.15, 0.2) is 53.0 Å². The zero-order valence-corrected chi connectivity index (χ0v) is 14.7. The summed E-state index contributed by atoms with van der Waals surface area (Å²) in [5.74, 6) is 0. The maximum Gasteiger partial charge on any atom is 0.0237 e. The summed E-state index contributed by atoms with van der Waals surface area (Å²) in [6.07, 6.45) is 0. The van der Waals surface area contributed by atoms with Gasteiger partial charge in [-0.2, -0.15) is 0 Å². The summed E-state index contributed by atoms with van der Waals surface area (Å²) in [5.41, 5.74) is 4.25. The number of aryl methyl sites for hydroxylation is 1. The van der Waals surface area contributed by atoms with Gasteiger partial charge in [0.1, 0.15) is 0 Å². The van der Waals surface area contributed by atoms with Crippen LogP contribution in [0.5, 0.6) is 0 Å². The standard InChI is InChI=1S/C19H23BrN2/c1-16-5-2-3-7-18(16)15-22-11-9-21(10-12-22)14-17-6-4-8-19(20)13-17/h2-8,13H,9-12,14-15H2,1H3. The summed E-state index contributed by atoms with van der Waals surface area (Å²) in [4.78, 5) is 5.12. The molecule has 1 aliphatic rings. The highest BCUT2D eigenvalue weighted by Crippen LogP contribution is 2.16. The van der Waals surface area contributed by atoms with Crippen molar-refractivity contribution in [3.8, 4) is 0 Å². The van der Waals surface area contributed by atoms with E-state index in [2.05, 4.69) is 81.2 Å². The fourth-order valence-electron chi connectivity index (χ4n) is 3.03. The van der Waals surface area contributed by atoms with Gasteiger partial charge in [0, 0.05) is 43.7 Å². The SMILES string of the molecule is Cc1ccccc1CN1CCN(Cc2cccc(Br)c2)CC1. The van der Waals surface area contributed by atoms with Gasteiger partial charge < -0.3 is 0 Å². The van der Waals surface area contributed by atoms with Crippen LogP contribution < -0.4 is 0 Å². The van der Waals surface area contributed by atoms with Crippen LogP contribution in [-0.2, 0) is 13.1 Å². The van der Waals surface area contributed by atoms with E-state index in [1.54, 1.807) is 0 Å². The lowest BCUT2D eigenvalue weighted by molar-refractivity contribution is 0.122. The lowest BCUT2D eigenvalue weighted by atomic mass is 10.1. The van der Waals surface area contributed by atoms with Gasteiger partial charge in [-0.15, -0.1) is 0 Å². The average molecular weight is 359 g/mol. The molecular weight excluding hydrogens is 336 g/mol. The molecule has 22 heavy (non-hydrogen) atoms. The summed E-state index contributed by atoms with van der Waals surface area (Å²) in [6, 6.07) is 17.4. The van der Waals surface area contributed by atoms with Crippen molar-refractivity contribution >= 4 is 15.9 Å². The maximum atomic E-state index is 3.55. The highest BCUT2D eigenvalue weighted by Gasteiger charge is 2.17. The van der Waals surface area contributed by atoms with Gasteiger partial charge in [0.25, 0.3) is 0 Å². The molecule has 2 aromatic carbocycles. The molecule has 0 radical (unpaired) electrons. The van der Waals surface area contributed by atoms with Crippen molar-refractivity contribution in [2.75, 3.05) is 26.2 Å². The molecular formula is C19H23BrN2. The van der Waals surface area contributed by atoms with Crippen LogP contribution in [0.25, 0.3) is 0 Å². The van der Waals surface area contributed by atoms with Gasteiger partial charge in [-0.25, -0.2) is 0 Å². The second-order valence-corrected chi connectivity index (χ2v) is 7.02. The molecule has 0 atom stereocenters. The number of nitrogens with zero attached hydrogens (tertiary/aromatic N) is 2. The summed E-state index contributed by atoms with van der Waals surface area (Å²) in [7, 11) is 0. The normalized spacial score (nSPS) is 16.8. The first-order valence-corrected chi connectivity index (χ1v) is 8.74. The molecule has 0 aliphatic carbocycles.